The Morgan fingerprint density at radius 1 is 1.11 bits per heavy atom. The van der Waals surface area contributed by atoms with Gasteiger partial charge in [-0.1, -0.05) is 38.1 Å². The van der Waals surface area contributed by atoms with Gasteiger partial charge in [-0.2, -0.15) is 0 Å². The number of hydrogen-bond donors (Lipinski definition) is 1. The molecule has 2 rings (SSSR count). The first-order valence-electron chi connectivity index (χ1n) is 6.49. The van der Waals surface area contributed by atoms with Crippen LogP contribution >= 0.6 is 0 Å². The average molecular weight is 240 g/mol. The topological polar surface area (TPSA) is 38.9 Å². The van der Waals surface area contributed by atoms with Crippen molar-refractivity contribution in [3.05, 3.63) is 53.9 Å². The summed E-state index contributed by atoms with van der Waals surface area (Å²) in [4.78, 5) is 4.23. The zero-order valence-corrected chi connectivity index (χ0v) is 11.1. The minimum Gasteiger partial charge on any atom is -0.326 e. The van der Waals surface area contributed by atoms with Gasteiger partial charge in [0.15, 0.2) is 0 Å². The molecule has 0 amide bonds. The predicted octanol–water partition coefficient (Wildman–Crippen LogP) is 3.72. The van der Waals surface area contributed by atoms with Crippen LogP contribution in [0.25, 0.3) is 11.1 Å². The van der Waals surface area contributed by atoms with Crippen LogP contribution in [-0.2, 0) is 6.54 Å². The van der Waals surface area contributed by atoms with Crippen molar-refractivity contribution < 1.29 is 0 Å². The molecule has 0 spiro atoms. The van der Waals surface area contributed by atoms with Crippen LogP contribution in [0.5, 0.6) is 0 Å². The fourth-order valence-electron chi connectivity index (χ4n) is 2.00. The summed E-state index contributed by atoms with van der Waals surface area (Å²) in [6.45, 7) is 5.00. The molecule has 0 aliphatic carbocycles. The van der Waals surface area contributed by atoms with Crippen LogP contribution in [0, 0.1) is 0 Å². The van der Waals surface area contributed by atoms with Gasteiger partial charge in [-0.25, -0.2) is 0 Å². The third kappa shape index (κ3) is 2.77. The minimum atomic E-state index is 0.534. The molecule has 0 saturated heterocycles. The van der Waals surface area contributed by atoms with Gasteiger partial charge in [0.05, 0.1) is 0 Å². The highest BCUT2D eigenvalue weighted by Gasteiger charge is 2.04. The molecule has 1 aromatic heterocycles. The number of hydrogen-bond acceptors (Lipinski definition) is 2. The van der Waals surface area contributed by atoms with Crippen molar-refractivity contribution in [1.29, 1.82) is 0 Å². The molecule has 1 aromatic carbocycles. The van der Waals surface area contributed by atoms with Gasteiger partial charge in [-0.05, 0) is 35.1 Å². The molecule has 0 radical (unpaired) electrons. The minimum absolute atomic E-state index is 0.534. The lowest BCUT2D eigenvalue weighted by Crippen LogP contribution is -1.97. The van der Waals surface area contributed by atoms with Crippen molar-refractivity contribution in [2.45, 2.75) is 32.7 Å². The summed E-state index contributed by atoms with van der Waals surface area (Å²) >= 11 is 0. The third-order valence-corrected chi connectivity index (χ3v) is 3.46. The third-order valence-electron chi connectivity index (χ3n) is 3.46. The fourth-order valence-corrected chi connectivity index (χ4v) is 2.00. The summed E-state index contributed by atoms with van der Waals surface area (Å²) in [6.07, 6.45) is 4.87. The lowest BCUT2D eigenvalue weighted by molar-refractivity contribution is 0.734. The SMILES string of the molecule is CCC(C)c1ccc(-c2cncc(CN)c2)cc1. The van der Waals surface area contributed by atoms with Crippen LogP contribution in [0.3, 0.4) is 0 Å². The van der Waals surface area contributed by atoms with E-state index in [1.54, 1.807) is 0 Å². The summed E-state index contributed by atoms with van der Waals surface area (Å²) in [5.74, 6) is 0.618. The normalized spacial score (nSPS) is 12.4. The van der Waals surface area contributed by atoms with Gasteiger partial charge in [-0.3, -0.25) is 4.98 Å². The van der Waals surface area contributed by atoms with Crippen molar-refractivity contribution in [2.75, 3.05) is 0 Å². The second-order valence-corrected chi connectivity index (χ2v) is 4.72. The molecule has 0 aliphatic rings. The van der Waals surface area contributed by atoms with E-state index in [-0.39, 0.29) is 0 Å². The zero-order valence-electron chi connectivity index (χ0n) is 11.1. The van der Waals surface area contributed by atoms with Crippen LogP contribution in [0.2, 0.25) is 0 Å². The Bertz CT molecular complexity index is 503. The number of rotatable bonds is 4. The molecule has 1 atom stereocenters. The molecule has 1 unspecified atom stereocenters. The molecular weight excluding hydrogens is 220 g/mol. The molecule has 94 valence electrons. The predicted molar refractivity (Wildman–Crippen MR) is 76.3 cm³/mol. The molecular formula is C16H20N2. The molecule has 0 fully saturated rings. The van der Waals surface area contributed by atoms with Crippen molar-refractivity contribution in [2.24, 2.45) is 5.73 Å². The molecule has 1 heterocycles. The molecule has 2 nitrogen and oxygen atoms in total. The zero-order chi connectivity index (χ0) is 13.0. The molecule has 2 heteroatoms. The fraction of sp³-hybridized carbons (Fsp3) is 0.312. The Balaban J connectivity index is 2.28. The highest BCUT2D eigenvalue weighted by Crippen LogP contribution is 2.24. The van der Waals surface area contributed by atoms with E-state index in [2.05, 4.69) is 49.2 Å². The van der Waals surface area contributed by atoms with E-state index in [4.69, 9.17) is 5.73 Å². The first kappa shape index (κ1) is 12.8. The maximum Gasteiger partial charge on any atom is 0.0346 e. The maximum absolute atomic E-state index is 5.64. The van der Waals surface area contributed by atoms with Crippen molar-refractivity contribution in [3.63, 3.8) is 0 Å². The van der Waals surface area contributed by atoms with Crippen LogP contribution in [0.1, 0.15) is 37.3 Å². The van der Waals surface area contributed by atoms with E-state index in [0.29, 0.717) is 12.5 Å². The van der Waals surface area contributed by atoms with Gasteiger partial charge in [0.1, 0.15) is 0 Å². The average Bonchev–Trinajstić information content (AvgIpc) is 2.46. The summed E-state index contributed by atoms with van der Waals surface area (Å²) in [5.41, 5.74) is 10.4. The Hall–Kier alpha value is -1.67. The number of aromatic nitrogens is 1. The largest absolute Gasteiger partial charge is 0.326 e. The van der Waals surface area contributed by atoms with Crippen LogP contribution in [0.15, 0.2) is 42.7 Å². The number of nitrogens with two attached hydrogens (primary N) is 1. The van der Waals surface area contributed by atoms with Crippen molar-refractivity contribution >= 4 is 0 Å². The molecule has 0 bridgehead atoms. The van der Waals surface area contributed by atoms with Gasteiger partial charge in [0.2, 0.25) is 0 Å². The van der Waals surface area contributed by atoms with E-state index in [1.165, 1.54) is 17.5 Å². The number of benzene rings is 1. The number of nitrogens with zero attached hydrogens (tertiary/aromatic N) is 1. The molecule has 0 saturated carbocycles. The molecule has 2 N–H and O–H groups in total. The monoisotopic (exact) mass is 240 g/mol. The highest BCUT2D eigenvalue weighted by molar-refractivity contribution is 5.63. The quantitative estimate of drug-likeness (QED) is 0.884. The van der Waals surface area contributed by atoms with Gasteiger partial charge >= 0.3 is 0 Å². The van der Waals surface area contributed by atoms with Gasteiger partial charge in [0, 0.05) is 24.5 Å². The summed E-state index contributed by atoms with van der Waals surface area (Å²) in [5, 5.41) is 0. The van der Waals surface area contributed by atoms with E-state index in [9.17, 15) is 0 Å². The Labute approximate surface area is 109 Å². The van der Waals surface area contributed by atoms with Gasteiger partial charge < -0.3 is 5.73 Å². The summed E-state index contributed by atoms with van der Waals surface area (Å²) in [7, 11) is 0. The van der Waals surface area contributed by atoms with Crippen LogP contribution in [0.4, 0.5) is 0 Å². The smallest absolute Gasteiger partial charge is 0.0346 e. The summed E-state index contributed by atoms with van der Waals surface area (Å²) < 4.78 is 0. The first-order chi connectivity index (χ1) is 8.74. The van der Waals surface area contributed by atoms with Crippen molar-refractivity contribution in [3.8, 4) is 11.1 Å². The second-order valence-electron chi connectivity index (χ2n) is 4.72. The Morgan fingerprint density at radius 2 is 1.83 bits per heavy atom. The standard InChI is InChI=1S/C16H20N2/c1-3-12(2)14-4-6-15(7-5-14)16-8-13(9-17)10-18-11-16/h4-8,10-12H,3,9,17H2,1-2H3. The Kier molecular flexibility index (Phi) is 4.11. The van der Waals surface area contributed by atoms with Gasteiger partial charge in [-0.15, -0.1) is 0 Å². The molecule has 0 aliphatic heterocycles. The van der Waals surface area contributed by atoms with E-state index in [0.717, 1.165) is 11.1 Å². The molecule has 18 heavy (non-hydrogen) atoms. The molecule has 2 aromatic rings. The Morgan fingerprint density at radius 3 is 2.44 bits per heavy atom. The lowest BCUT2D eigenvalue weighted by Gasteiger charge is -2.10. The van der Waals surface area contributed by atoms with E-state index >= 15 is 0 Å². The summed E-state index contributed by atoms with van der Waals surface area (Å²) in [6, 6.07) is 10.8. The number of pyridine rings is 1. The van der Waals surface area contributed by atoms with E-state index in [1.807, 2.05) is 12.4 Å². The van der Waals surface area contributed by atoms with Gasteiger partial charge in [0.25, 0.3) is 0 Å². The van der Waals surface area contributed by atoms with Crippen molar-refractivity contribution in [1.82, 2.24) is 4.98 Å². The van der Waals surface area contributed by atoms with E-state index < -0.39 is 0 Å². The maximum atomic E-state index is 5.64. The van der Waals surface area contributed by atoms with Crippen LogP contribution in [-0.4, -0.2) is 4.98 Å². The lowest BCUT2D eigenvalue weighted by atomic mass is 9.96. The highest BCUT2D eigenvalue weighted by atomic mass is 14.6. The van der Waals surface area contributed by atoms with Crippen LogP contribution < -0.4 is 5.73 Å². The first-order valence-corrected chi connectivity index (χ1v) is 6.49. The second kappa shape index (κ2) is 5.78.